The number of piperazine rings is 1. The number of hydrogen-bond donors (Lipinski definition) is 1. The van der Waals surface area contributed by atoms with E-state index < -0.39 is 0 Å². The van der Waals surface area contributed by atoms with Gasteiger partial charge in [0.1, 0.15) is 10.7 Å². The standard InChI is InChI=1S/C18H18ClN5OS/c1-23-10-12(8-21-23)17-22-15(11-26-17)18(25)24-7-6-20-9-16(24)13-4-2-3-5-14(13)19/h2-5,8,10-11,16,20H,6-7,9H2,1H3. The molecule has 0 spiro atoms. The fourth-order valence-electron chi connectivity index (χ4n) is 3.15. The van der Waals surface area contributed by atoms with Gasteiger partial charge in [-0.25, -0.2) is 4.98 Å². The normalized spacial score (nSPS) is 17.5. The lowest BCUT2D eigenvalue weighted by molar-refractivity contribution is 0.0629. The summed E-state index contributed by atoms with van der Waals surface area (Å²) >= 11 is 7.83. The van der Waals surface area contributed by atoms with Crippen LogP contribution in [0.3, 0.4) is 0 Å². The van der Waals surface area contributed by atoms with Crippen molar-refractivity contribution in [3.05, 3.63) is 58.3 Å². The van der Waals surface area contributed by atoms with Crippen LogP contribution in [-0.2, 0) is 7.05 Å². The molecule has 1 fully saturated rings. The molecule has 8 heteroatoms. The minimum absolute atomic E-state index is 0.0668. The van der Waals surface area contributed by atoms with Gasteiger partial charge in [0, 0.05) is 48.8 Å². The summed E-state index contributed by atoms with van der Waals surface area (Å²) < 4.78 is 1.72. The molecular formula is C18H18ClN5OS. The first-order chi connectivity index (χ1) is 12.6. The van der Waals surface area contributed by atoms with Gasteiger partial charge in [0.15, 0.2) is 0 Å². The lowest BCUT2D eigenvalue weighted by atomic mass is 10.0. The first-order valence-corrected chi connectivity index (χ1v) is 9.60. The summed E-state index contributed by atoms with van der Waals surface area (Å²) in [7, 11) is 1.86. The molecule has 0 aliphatic carbocycles. The largest absolute Gasteiger partial charge is 0.328 e. The molecule has 1 aromatic carbocycles. The highest BCUT2D eigenvalue weighted by Crippen LogP contribution is 2.30. The molecule has 1 aliphatic rings. The second-order valence-corrected chi connectivity index (χ2v) is 7.45. The highest BCUT2D eigenvalue weighted by atomic mass is 35.5. The molecule has 3 heterocycles. The average molecular weight is 388 g/mol. The summed E-state index contributed by atoms with van der Waals surface area (Å²) in [6, 6.07) is 7.57. The molecule has 4 rings (SSSR count). The van der Waals surface area contributed by atoms with Gasteiger partial charge < -0.3 is 10.2 Å². The van der Waals surface area contributed by atoms with Crippen molar-refractivity contribution in [2.75, 3.05) is 19.6 Å². The van der Waals surface area contributed by atoms with E-state index in [1.807, 2.05) is 47.8 Å². The van der Waals surface area contributed by atoms with Crippen molar-refractivity contribution in [1.82, 2.24) is 25.0 Å². The summed E-state index contributed by atoms with van der Waals surface area (Å²) in [5, 5.41) is 10.8. The quantitative estimate of drug-likeness (QED) is 0.750. The van der Waals surface area contributed by atoms with E-state index in [0.717, 1.165) is 22.7 Å². The molecule has 1 N–H and O–H groups in total. The molecular weight excluding hydrogens is 370 g/mol. The first kappa shape index (κ1) is 17.2. The zero-order chi connectivity index (χ0) is 18.1. The Morgan fingerprint density at radius 3 is 3.00 bits per heavy atom. The van der Waals surface area contributed by atoms with Gasteiger partial charge in [0.05, 0.1) is 12.2 Å². The lowest BCUT2D eigenvalue weighted by Gasteiger charge is -2.36. The fraction of sp³-hybridized carbons (Fsp3) is 0.278. The topological polar surface area (TPSA) is 63.1 Å². The van der Waals surface area contributed by atoms with Crippen LogP contribution in [0.4, 0.5) is 0 Å². The number of carbonyl (C=O) groups excluding carboxylic acids is 1. The highest BCUT2D eigenvalue weighted by molar-refractivity contribution is 7.13. The molecule has 1 aliphatic heterocycles. The Labute approximate surface area is 160 Å². The number of rotatable bonds is 3. The number of aromatic nitrogens is 3. The molecule has 6 nitrogen and oxygen atoms in total. The summed E-state index contributed by atoms with van der Waals surface area (Å²) in [5.74, 6) is -0.0668. The van der Waals surface area contributed by atoms with Crippen molar-refractivity contribution in [1.29, 1.82) is 0 Å². The minimum Gasteiger partial charge on any atom is -0.328 e. The maximum Gasteiger partial charge on any atom is 0.273 e. The van der Waals surface area contributed by atoms with E-state index in [9.17, 15) is 4.79 Å². The Morgan fingerprint density at radius 1 is 1.38 bits per heavy atom. The predicted octanol–water partition coefficient (Wildman–Crippen LogP) is 2.98. The van der Waals surface area contributed by atoms with Crippen molar-refractivity contribution in [2.24, 2.45) is 7.05 Å². The second kappa shape index (κ2) is 7.19. The van der Waals surface area contributed by atoms with E-state index in [1.165, 1.54) is 11.3 Å². The maximum absolute atomic E-state index is 13.1. The Balaban J connectivity index is 1.62. The molecule has 1 amide bonds. The van der Waals surface area contributed by atoms with Gasteiger partial charge in [-0.05, 0) is 11.6 Å². The summed E-state index contributed by atoms with van der Waals surface area (Å²) in [6.45, 7) is 2.05. The first-order valence-electron chi connectivity index (χ1n) is 8.34. The molecule has 0 bridgehead atoms. The van der Waals surface area contributed by atoms with Crippen LogP contribution in [0, 0.1) is 0 Å². The van der Waals surface area contributed by atoms with Crippen molar-refractivity contribution in [3.63, 3.8) is 0 Å². The Kier molecular flexibility index (Phi) is 4.76. The molecule has 3 aromatic rings. The van der Waals surface area contributed by atoms with Gasteiger partial charge in [-0.3, -0.25) is 9.48 Å². The monoisotopic (exact) mass is 387 g/mol. The molecule has 26 heavy (non-hydrogen) atoms. The van der Waals surface area contributed by atoms with Crippen LogP contribution in [0.1, 0.15) is 22.1 Å². The zero-order valence-corrected chi connectivity index (χ0v) is 15.8. The number of amides is 1. The van der Waals surface area contributed by atoms with E-state index in [0.29, 0.717) is 23.8 Å². The number of nitrogens with one attached hydrogen (secondary N) is 1. The third-order valence-corrected chi connectivity index (χ3v) is 5.68. The maximum atomic E-state index is 13.1. The van der Waals surface area contributed by atoms with E-state index >= 15 is 0 Å². The van der Waals surface area contributed by atoms with Crippen molar-refractivity contribution in [3.8, 4) is 10.6 Å². The molecule has 0 saturated carbocycles. The number of aryl methyl sites for hydroxylation is 1. The molecule has 1 atom stereocenters. The van der Waals surface area contributed by atoms with Gasteiger partial charge >= 0.3 is 0 Å². The van der Waals surface area contributed by atoms with E-state index in [-0.39, 0.29) is 11.9 Å². The van der Waals surface area contributed by atoms with Crippen LogP contribution in [0.2, 0.25) is 5.02 Å². The minimum atomic E-state index is -0.103. The Bertz CT molecular complexity index is 937. The van der Waals surface area contributed by atoms with Crippen molar-refractivity contribution >= 4 is 28.8 Å². The molecule has 134 valence electrons. The van der Waals surface area contributed by atoms with Crippen LogP contribution in [-0.4, -0.2) is 45.2 Å². The smallest absolute Gasteiger partial charge is 0.273 e. The predicted molar refractivity (Wildman–Crippen MR) is 102 cm³/mol. The zero-order valence-electron chi connectivity index (χ0n) is 14.2. The van der Waals surface area contributed by atoms with Crippen LogP contribution in [0.25, 0.3) is 10.6 Å². The number of thiazole rings is 1. The van der Waals surface area contributed by atoms with Gasteiger partial charge in [-0.15, -0.1) is 11.3 Å². The fourth-order valence-corrected chi connectivity index (χ4v) is 4.18. The number of halogens is 1. The van der Waals surface area contributed by atoms with Crippen molar-refractivity contribution < 1.29 is 4.79 Å². The third kappa shape index (κ3) is 3.25. The number of carbonyl (C=O) groups is 1. The molecule has 2 aromatic heterocycles. The summed E-state index contributed by atoms with van der Waals surface area (Å²) in [6.07, 6.45) is 3.65. The number of nitrogens with zero attached hydrogens (tertiary/aromatic N) is 4. The van der Waals surface area contributed by atoms with Gasteiger partial charge in [0.25, 0.3) is 5.91 Å². The van der Waals surface area contributed by atoms with E-state index in [1.54, 1.807) is 10.9 Å². The molecule has 0 radical (unpaired) electrons. The molecule has 1 saturated heterocycles. The van der Waals surface area contributed by atoms with Gasteiger partial charge in [-0.2, -0.15) is 5.10 Å². The molecule has 1 unspecified atom stereocenters. The van der Waals surface area contributed by atoms with E-state index in [2.05, 4.69) is 15.4 Å². The number of benzene rings is 1. The SMILES string of the molecule is Cn1cc(-c2nc(C(=O)N3CCNCC3c3ccccc3Cl)cs2)cn1. The van der Waals surface area contributed by atoms with Crippen LogP contribution in [0.5, 0.6) is 0 Å². The number of hydrogen-bond acceptors (Lipinski definition) is 5. The third-order valence-electron chi connectivity index (χ3n) is 4.44. The van der Waals surface area contributed by atoms with Gasteiger partial charge in [0.2, 0.25) is 0 Å². The summed E-state index contributed by atoms with van der Waals surface area (Å²) in [4.78, 5) is 19.5. The second-order valence-electron chi connectivity index (χ2n) is 6.18. The highest BCUT2D eigenvalue weighted by Gasteiger charge is 2.31. The Hall–Kier alpha value is -2.22. The average Bonchev–Trinajstić information content (AvgIpc) is 3.31. The van der Waals surface area contributed by atoms with Crippen LogP contribution >= 0.6 is 22.9 Å². The van der Waals surface area contributed by atoms with Crippen LogP contribution in [0.15, 0.2) is 42.0 Å². The lowest BCUT2D eigenvalue weighted by Crippen LogP contribution is -2.48. The van der Waals surface area contributed by atoms with E-state index in [4.69, 9.17) is 11.6 Å². The van der Waals surface area contributed by atoms with Crippen molar-refractivity contribution in [2.45, 2.75) is 6.04 Å². The summed E-state index contributed by atoms with van der Waals surface area (Å²) in [5.41, 5.74) is 2.34. The van der Waals surface area contributed by atoms with Gasteiger partial charge in [-0.1, -0.05) is 29.8 Å². The Morgan fingerprint density at radius 2 is 2.23 bits per heavy atom. The van der Waals surface area contributed by atoms with Crippen LogP contribution < -0.4 is 5.32 Å².